The molecular weight excluding hydrogens is 379 g/mol. The van der Waals surface area contributed by atoms with Crippen LogP contribution in [0, 0.1) is 0 Å². The zero-order chi connectivity index (χ0) is 14.7. The highest BCUT2D eigenvalue weighted by molar-refractivity contribution is 6.67. The summed E-state index contributed by atoms with van der Waals surface area (Å²) in [6.45, 7) is 2.41. The molecule has 0 N–H and O–H groups in total. The van der Waals surface area contributed by atoms with Crippen LogP contribution in [-0.4, -0.2) is 21.6 Å². The highest BCUT2D eigenvalue weighted by atomic mass is 35.6. The molecular formula is C9H9Cl6N3O. The number of hydrogen-bond acceptors (Lipinski definition) is 4. The molecule has 0 aliphatic carbocycles. The molecule has 1 rings (SSSR count). The van der Waals surface area contributed by atoms with Crippen molar-refractivity contribution in [1.82, 2.24) is 15.0 Å². The van der Waals surface area contributed by atoms with Gasteiger partial charge in [-0.3, -0.25) is 0 Å². The van der Waals surface area contributed by atoms with Crippen molar-refractivity contribution in [2.75, 3.05) is 6.61 Å². The Morgan fingerprint density at radius 1 is 0.895 bits per heavy atom. The van der Waals surface area contributed by atoms with Crippen molar-refractivity contribution < 1.29 is 4.74 Å². The maximum Gasteiger partial charge on any atom is 0.320 e. The topological polar surface area (TPSA) is 47.9 Å². The van der Waals surface area contributed by atoms with Gasteiger partial charge in [0.15, 0.2) is 11.6 Å². The first-order chi connectivity index (χ1) is 8.64. The van der Waals surface area contributed by atoms with E-state index in [0.29, 0.717) is 6.61 Å². The number of halogens is 6. The lowest BCUT2D eigenvalue weighted by Gasteiger charge is -2.15. The first-order valence-electron chi connectivity index (χ1n) is 5.18. The molecule has 0 aliphatic rings. The highest BCUT2D eigenvalue weighted by Gasteiger charge is 2.34. The lowest BCUT2D eigenvalue weighted by Crippen LogP contribution is -2.17. The third kappa shape index (κ3) is 5.82. The normalized spacial score (nSPS) is 12.6. The zero-order valence-corrected chi connectivity index (χ0v) is 14.2. The molecule has 0 amide bonds. The molecule has 10 heteroatoms. The van der Waals surface area contributed by atoms with Crippen LogP contribution in [0.15, 0.2) is 0 Å². The van der Waals surface area contributed by atoms with E-state index in [9.17, 15) is 0 Å². The van der Waals surface area contributed by atoms with Gasteiger partial charge >= 0.3 is 6.01 Å². The molecule has 0 unspecified atom stereocenters. The average Bonchev–Trinajstić information content (AvgIpc) is 2.27. The molecule has 0 fully saturated rings. The Balaban J connectivity index is 3.10. The van der Waals surface area contributed by atoms with Crippen LogP contribution in [0.25, 0.3) is 0 Å². The molecule has 19 heavy (non-hydrogen) atoms. The first kappa shape index (κ1) is 17.6. The van der Waals surface area contributed by atoms with Crippen LogP contribution in [-0.2, 0) is 7.59 Å². The Morgan fingerprint density at radius 3 is 1.74 bits per heavy atom. The van der Waals surface area contributed by atoms with Crippen molar-refractivity contribution in [3.63, 3.8) is 0 Å². The molecule has 0 spiro atoms. The SMILES string of the molecule is CCCCOc1nc(C(Cl)(Cl)Cl)nc(C(Cl)(Cl)Cl)n1. The standard InChI is InChI=1S/C9H9Cl6N3O/c1-2-3-4-19-7-17-5(8(10,11)12)16-6(18-7)9(13,14)15/h2-4H2,1H3. The van der Waals surface area contributed by atoms with Gasteiger partial charge in [-0.1, -0.05) is 83.0 Å². The Bertz CT molecular complexity index is 399. The number of nitrogens with zero attached hydrogens (tertiary/aromatic N) is 3. The predicted molar refractivity (Wildman–Crippen MR) is 78.7 cm³/mol. The fourth-order valence-electron chi connectivity index (χ4n) is 0.982. The molecule has 0 saturated carbocycles. The monoisotopic (exact) mass is 385 g/mol. The summed E-state index contributed by atoms with van der Waals surface area (Å²) in [5.41, 5.74) is 0. The van der Waals surface area contributed by atoms with E-state index in [1.54, 1.807) is 0 Å². The highest BCUT2D eigenvalue weighted by Crippen LogP contribution is 2.40. The van der Waals surface area contributed by atoms with E-state index in [1.807, 2.05) is 6.92 Å². The van der Waals surface area contributed by atoms with E-state index in [1.165, 1.54) is 0 Å². The summed E-state index contributed by atoms with van der Waals surface area (Å²) in [6.07, 6.45) is 1.76. The largest absolute Gasteiger partial charge is 0.463 e. The van der Waals surface area contributed by atoms with Gasteiger partial charge in [0.05, 0.1) is 6.61 Å². The molecule has 1 aromatic rings. The van der Waals surface area contributed by atoms with E-state index >= 15 is 0 Å². The first-order valence-corrected chi connectivity index (χ1v) is 7.44. The number of hydrogen-bond donors (Lipinski definition) is 0. The zero-order valence-electron chi connectivity index (χ0n) is 9.64. The van der Waals surface area contributed by atoms with Gasteiger partial charge in [0.2, 0.25) is 7.59 Å². The molecule has 0 saturated heterocycles. The molecule has 0 atom stereocenters. The lowest BCUT2D eigenvalue weighted by atomic mass is 10.4. The van der Waals surface area contributed by atoms with Crippen LogP contribution in [0.4, 0.5) is 0 Å². The molecule has 1 aromatic heterocycles. The number of rotatable bonds is 4. The Labute approximate surface area is 140 Å². The van der Waals surface area contributed by atoms with E-state index in [4.69, 9.17) is 74.3 Å². The minimum atomic E-state index is -1.86. The second kappa shape index (κ2) is 7.01. The maximum absolute atomic E-state index is 5.71. The molecule has 0 aromatic carbocycles. The number of aromatic nitrogens is 3. The quantitative estimate of drug-likeness (QED) is 0.554. The van der Waals surface area contributed by atoms with Gasteiger partial charge in [-0.15, -0.1) is 0 Å². The molecule has 1 heterocycles. The summed E-state index contributed by atoms with van der Waals surface area (Å²) < 4.78 is 1.57. The van der Waals surface area contributed by atoms with Gasteiger partial charge in [0.25, 0.3) is 0 Å². The van der Waals surface area contributed by atoms with Crippen molar-refractivity contribution >= 4 is 69.6 Å². The summed E-state index contributed by atoms with van der Waals surface area (Å²) in [5, 5.41) is 0. The fraction of sp³-hybridized carbons (Fsp3) is 0.667. The van der Waals surface area contributed by atoms with Crippen molar-refractivity contribution in [3.8, 4) is 6.01 Å². The Hall–Kier alpha value is 0.550. The van der Waals surface area contributed by atoms with Gasteiger partial charge < -0.3 is 4.74 Å². The van der Waals surface area contributed by atoms with Crippen LogP contribution in [0.2, 0.25) is 0 Å². The van der Waals surface area contributed by atoms with Crippen LogP contribution < -0.4 is 4.74 Å². The number of unbranched alkanes of at least 4 members (excludes halogenated alkanes) is 1. The average molecular weight is 388 g/mol. The third-order valence-electron chi connectivity index (χ3n) is 1.85. The summed E-state index contributed by atoms with van der Waals surface area (Å²) in [4.78, 5) is 11.6. The maximum atomic E-state index is 5.71. The van der Waals surface area contributed by atoms with Gasteiger partial charge in [-0.25, -0.2) is 4.98 Å². The number of alkyl halides is 6. The van der Waals surface area contributed by atoms with Crippen molar-refractivity contribution in [3.05, 3.63) is 11.6 Å². The van der Waals surface area contributed by atoms with Gasteiger partial charge in [-0.2, -0.15) is 9.97 Å². The van der Waals surface area contributed by atoms with Crippen LogP contribution >= 0.6 is 69.6 Å². The molecule has 0 aliphatic heterocycles. The van der Waals surface area contributed by atoms with Gasteiger partial charge in [0, 0.05) is 0 Å². The smallest absolute Gasteiger partial charge is 0.320 e. The second-order valence-corrected chi connectivity index (χ2v) is 8.03. The van der Waals surface area contributed by atoms with Crippen LogP contribution in [0.5, 0.6) is 6.01 Å². The van der Waals surface area contributed by atoms with E-state index in [0.717, 1.165) is 12.8 Å². The molecule has 4 nitrogen and oxygen atoms in total. The van der Waals surface area contributed by atoms with Crippen molar-refractivity contribution in [2.45, 2.75) is 27.4 Å². The molecule has 108 valence electrons. The Kier molecular flexibility index (Phi) is 6.49. The van der Waals surface area contributed by atoms with E-state index < -0.39 is 7.59 Å². The van der Waals surface area contributed by atoms with Gasteiger partial charge in [-0.05, 0) is 6.42 Å². The summed E-state index contributed by atoms with van der Waals surface area (Å²) >= 11 is 34.2. The molecule has 0 radical (unpaired) electrons. The number of ether oxygens (including phenoxy) is 1. The van der Waals surface area contributed by atoms with E-state index in [-0.39, 0.29) is 17.7 Å². The fourth-order valence-corrected chi connectivity index (χ4v) is 1.49. The second-order valence-electron chi connectivity index (χ2n) is 3.46. The molecule has 0 bridgehead atoms. The predicted octanol–water partition coefficient (Wildman–Crippen LogP) is 4.70. The summed E-state index contributed by atoms with van der Waals surface area (Å²) in [5.74, 6) is -0.333. The summed E-state index contributed by atoms with van der Waals surface area (Å²) in [7, 11) is 0. The van der Waals surface area contributed by atoms with Crippen LogP contribution in [0.1, 0.15) is 31.4 Å². The summed E-state index contributed by atoms with van der Waals surface area (Å²) in [6, 6.07) is -0.0499. The lowest BCUT2D eigenvalue weighted by molar-refractivity contribution is 0.282. The van der Waals surface area contributed by atoms with Crippen molar-refractivity contribution in [2.24, 2.45) is 0 Å². The Morgan fingerprint density at radius 2 is 1.37 bits per heavy atom. The van der Waals surface area contributed by atoms with Gasteiger partial charge in [0.1, 0.15) is 0 Å². The minimum absolute atomic E-state index is 0.0499. The third-order valence-corrected chi connectivity index (χ3v) is 2.87. The minimum Gasteiger partial charge on any atom is -0.463 e. The van der Waals surface area contributed by atoms with Crippen LogP contribution in [0.3, 0.4) is 0 Å². The van der Waals surface area contributed by atoms with Crippen molar-refractivity contribution in [1.29, 1.82) is 0 Å². The van der Waals surface area contributed by atoms with E-state index in [2.05, 4.69) is 15.0 Å².